The lowest BCUT2D eigenvalue weighted by Crippen LogP contribution is -2.42. The summed E-state index contributed by atoms with van der Waals surface area (Å²) in [5.74, 6) is -1.31. The number of methoxy groups -OCH3 is 1. The molecule has 0 radical (unpaired) electrons. The second kappa shape index (κ2) is 9.60. The molecule has 0 fully saturated rings. The highest BCUT2D eigenvalue weighted by Crippen LogP contribution is 2.42. The normalized spacial score (nSPS) is 15.2. The molecule has 3 aromatic rings. The van der Waals surface area contributed by atoms with E-state index < -0.39 is 23.6 Å². The minimum atomic E-state index is -1.19. The number of carbonyl (C=O) groups is 1. The molecule has 1 aromatic heterocycles. The van der Waals surface area contributed by atoms with Gasteiger partial charge in [0.05, 0.1) is 11.4 Å². The van der Waals surface area contributed by atoms with Crippen LogP contribution in [0.4, 0.5) is 26.2 Å². The molecule has 2 heterocycles. The highest BCUT2D eigenvalue weighted by molar-refractivity contribution is 6.01. The van der Waals surface area contributed by atoms with Gasteiger partial charge in [-0.2, -0.15) is 4.98 Å². The Morgan fingerprint density at radius 1 is 1.12 bits per heavy atom. The Morgan fingerprint density at radius 3 is 2.53 bits per heavy atom. The molecule has 4 rings (SSSR count). The number of benzene rings is 2. The molecule has 1 aliphatic rings. The zero-order chi connectivity index (χ0) is 24.4. The summed E-state index contributed by atoms with van der Waals surface area (Å²) in [6, 6.07) is 8.18. The van der Waals surface area contributed by atoms with E-state index in [9.17, 15) is 13.6 Å². The first-order chi connectivity index (χ1) is 16.3. The van der Waals surface area contributed by atoms with Crippen LogP contribution in [0.15, 0.2) is 36.4 Å². The Balaban J connectivity index is 1.80. The minimum Gasteiger partial charge on any atom is -0.474 e. The maximum Gasteiger partial charge on any atom is 0.272 e. The molecule has 1 atom stereocenters. The SMILES string of the molecule is CCc1nc(N)nc(N)c1-c1ccc2c(c1)N(CCCOC)C(=O)C(c1cc(F)cc(F)c1)O2. The highest BCUT2D eigenvalue weighted by Gasteiger charge is 2.36. The maximum absolute atomic E-state index is 13.9. The zero-order valence-corrected chi connectivity index (χ0v) is 18.8. The first-order valence-corrected chi connectivity index (χ1v) is 10.8. The highest BCUT2D eigenvalue weighted by atomic mass is 19.1. The van der Waals surface area contributed by atoms with E-state index in [4.69, 9.17) is 20.9 Å². The number of fused-ring (bicyclic) bond motifs is 1. The monoisotopic (exact) mass is 469 g/mol. The lowest BCUT2D eigenvalue weighted by molar-refractivity contribution is -0.126. The molecule has 1 aliphatic heterocycles. The molecule has 178 valence electrons. The second-order valence-electron chi connectivity index (χ2n) is 7.86. The van der Waals surface area contributed by atoms with Gasteiger partial charge in [-0.15, -0.1) is 0 Å². The lowest BCUT2D eigenvalue weighted by Gasteiger charge is -2.35. The molecule has 0 saturated carbocycles. The number of halogens is 2. The average Bonchev–Trinajstić information content (AvgIpc) is 2.79. The van der Waals surface area contributed by atoms with Crippen molar-refractivity contribution >= 4 is 23.4 Å². The third-order valence-corrected chi connectivity index (χ3v) is 5.56. The van der Waals surface area contributed by atoms with Gasteiger partial charge in [0.15, 0.2) is 0 Å². The van der Waals surface area contributed by atoms with E-state index in [0.717, 1.165) is 18.2 Å². The number of nitrogen functional groups attached to an aromatic ring is 2. The fourth-order valence-corrected chi connectivity index (χ4v) is 4.07. The predicted molar refractivity (Wildman–Crippen MR) is 124 cm³/mol. The molecule has 4 N–H and O–H groups in total. The van der Waals surface area contributed by atoms with Crippen LogP contribution in [0, 0.1) is 11.6 Å². The Bertz CT molecular complexity index is 1220. The van der Waals surface area contributed by atoms with Crippen LogP contribution in [0.2, 0.25) is 0 Å². The van der Waals surface area contributed by atoms with Gasteiger partial charge in [0.1, 0.15) is 23.2 Å². The molecule has 0 saturated heterocycles. The maximum atomic E-state index is 13.9. The standard InChI is InChI=1S/C24H25F2N5O3/c1-3-17-20(22(27)30-24(28)29-17)13-5-6-19-18(11-13)31(7-4-8-33-2)23(32)21(34-19)14-9-15(25)12-16(26)10-14/h5-6,9-12,21H,3-4,7-8H2,1-2H3,(H4,27,28,29,30). The van der Waals surface area contributed by atoms with Crippen molar-refractivity contribution in [1.82, 2.24) is 9.97 Å². The number of aromatic nitrogens is 2. The summed E-state index contributed by atoms with van der Waals surface area (Å²) in [7, 11) is 1.57. The summed E-state index contributed by atoms with van der Waals surface area (Å²) in [4.78, 5) is 23.3. The van der Waals surface area contributed by atoms with Gasteiger partial charge in [0.2, 0.25) is 12.1 Å². The second-order valence-corrected chi connectivity index (χ2v) is 7.86. The average molecular weight is 469 g/mol. The van der Waals surface area contributed by atoms with Gasteiger partial charge in [0, 0.05) is 37.5 Å². The fraction of sp³-hybridized carbons (Fsp3) is 0.292. The van der Waals surface area contributed by atoms with E-state index in [1.807, 2.05) is 6.92 Å². The summed E-state index contributed by atoms with van der Waals surface area (Å²) >= 11 is 0. The number of ether oxygens (including phenoxy) is 2. The van der Waals surface area contributed by atoms with Crippen LogP contribution in [0.5, 0.6) is 5.75 Å². The third-order valence-electron chi connectivity index (χ3n) is 5.56. The van der Waals surface area contributed by atoms with Gasteiger partial charge in [-0.25, -0.2) is 13.8 Å². The number of aryl methyl sites for hydroxylation is 1. The van der Waals surface area contributed by atoms with Crippen molar-refractivity contribution in [3.05, 3.63) is 59.3 Å². The van der Waals surface area contributed by atoms with Gasteiger partial charge < -0.3 is 25.8 Å². The number of nitrogens with zero attached hydrogens (tertiary/aromatic N) is 3. The number of rotatable bonds is 7. The Morgan fingerprint density at radius 2 is 1.85 bits per heavy atom. The van der Waals surface area contributed by atoms with E-state index >= 15 is 0 Å². The molecule has 1 amide bonds. The fourth-order valence-electron chi connectivity index (χ4n) is 4.07. The van der Waals surface area contributed by atoms with Crippen LogP contribution >= 0.6 is 0 Å². The molecular formula is C24H25F2N5O3. The molecule has 10 heteroatoms. The van der Waals surface area contributed by atoms with E-state index in [0.29, 0.717) is 54.3 Å². The molecule has 34 heavy (non-hydrogen) atoms. The van der Waals surface area contributed by atoms with Crippen LogP contribution in [-0.4, -0.2) is 36.1 Å². The molecule has 0 aliphatic carbocycles. The van der Waals surface area contributed by atoms with Crippen LogP contribution in [-0.2, 0) is 16.0 Å². The van der Waals surface area contributed by atoms with Crippen molar-refractivity contribution in [3.63, 3.8) is 0 Å². The van der Waals surface area contributed by atoms with Gasteiger partial charge in [-0.3, -0.25) is 4.79 Å². The van der Waals surface area contributed by atoms with Crippen molar-refractivity contribution in [2.45, 2.75) is 25.9 Å². The smallest absolute Gasteiger partial charge is 0.272 e. The molecule has 2 aromatic carbocycles. The van der Waals surface area contributed by atoms with Gasteiger partial charge in [0.25, 0.3) is 5.91 Å². The van der Waals surface area contributed by atoms with E-state index in [2.05, 4.69) is 9.97 Å². The van der Waals surface area contributed by atoms with Crippen LogP contribution in [0.25, 0.3) is 11.1 Å². The van der Waals surface area contributed by atoms with E-state index in [1.54, 1.807) is 25.3 Å². The molecular weight excluding hydrogens is 444 g/mol. The van der Waals surface area contributed by atoms with Crippen molar-refractivity contribution in [1.29, 1.82) is 0 Å². The minimum absolute atomic E-state index is 0.0842. The van der Waals surface area contributed by atoms with Crippen LogP contribution in [0.1, 0.15) is 30.7 Å². The summed E-state index contributed by atoms with van der Waals surface area (Å²) < 4.78 is 38.8. The topological polar surface area (TPSA) is 117 Å². The Kier molecular flexibility index (Phi) is 6.60. The molecule has 0 bridgehead atoms. The summed E-state index contributed by atoms with van der Waals surface area (Å²) in [5, 5.41) is 0. The lowest BCUT2D eigenvalue weighted by atomic mass is 9.99. The Hall–Kier alpha value is -3.79. The predicted octanol–water partition coefficient (Wildman–Crippen LogP) is 3.65. The quantitative estimate of drug-likeness (QED) is 0.507. The van der Waals surface area contributed by atoms with E-state index in [-0.39, 0.29) is 17.3 Å². The largest absolute Gasteiger partial charge is 0.474 e. The van der Waals surface area contributed by atoms with Crippen molar-refractivity contribution in [3.8, 4) is 16.9 Å². The van der Waals surface area contributed by atoms with Gasteiger partial charge in [-0.05, 0) is 42.7 Å². The number of anilines is 3. The number of hydrogen-bond donors (Lipinski definition) is 2. The number of hydrogen-bond acceptors (Lipinski definition) is 7. The first-order valence-electron chi connectivity index (χ1n) is 10.8. The van der Waals surface area contributed by atoms with Gasteiger partial charge >= 0.3 is 0 Å². The molecule has 0 spiro atoms. The molecule has 1 unspecified atom stereocenters. The first kappa shape index (κ1) is 23.4. The van der Waals surface area contributed by atoms with Crippen molar-refractivity contribution in [2.75, 3.05) is 36.6 Å². The number of carbonyl (C=O) groups excluding carboxylic acids is 1. The van der Waals surface area contributed by atoms with Crippen molar-refractivity contribution < 1.29 is 23.0 Å². The zero-order valence-electron chi connectivity index (χ0n) is 18.8. The number of amides is 1. The summed E-state index contributed by atoms with van der Waals surface area (Å²) in [5.41, 5.74) is 14.5. The molecule has 8 nitrogen and oxygen atoms in total. The Labute approximate surface area is 195 Å². The summed E-state index contributed by atoms with van der Waals surface area (Å²) in [6.45, 7) is 2.67. The van der Waals surface area contributed by atoms with Gasteiger partial charge in [-0.1, -0.05) is 13.0 Å². The van der Waals surface area contributed by atoms with E-state index in [1.165, 1.54) is 4.90 Å². The van der Waals surface area contributed by atoms with Crippen LogP contribution in [0.3, 0.4) is 0 Å². The van der Waals surface area contributed by atoms with Crippen LogP contribution < -0.4 is 21.1 Å². The third kappa shape index (κ3) is 4.49. The van der Waals surface area contributed by atoms with Crippen molar-refractivity contribution in [2.24, 2.45) is 0 Å². The number of nitrogens with two attached hydrogens (primary N) is 2. The summed E-state index contributed by atoms with van der Waals surface area (Å²) in [6.07, 6.45) is -0.0743.